The molecule has 1 saturated heterocycles. The summed E-state index contributed by atoms with van der Waals surface area (Å²) in [7, 11) is -3.76. The Hall–Kier alpha value is -1.44. The second-order valence-electron chi connectivity index (χ2n) is 4.12. The summed E-state index contributed by atoms with van der Waals surface area (Å²) in [6, 6.07) is 5.86. The lowest BCUT2D eigenvalue weighted by Crippen LogP contribution is -2.23. The van der Waals surface area contributed by atoms with Gasteiger partial charge < -0.3 is 10.1 Å². The molecule has 98 valence electrons. The molecule has 1 aliphatic heterocycles. The van der Waals surface area contributed by atoms with Crippen LogP contribution in [-0.4, -0.2) is 27.5 Å². The summed E-state index contributed by atoms with van der Waals surface area (Å²) in [5.41, 5.74) is 0.415. The maximum absolute atomic E-state index is 11.8. The average Bonchev–Trinajstić information content (AvgIpc) is 2.81. The average molecular weight is 270 g/mol. The largest absolute Gasteiger partial charge is 0.381 e. The molecule has 18 heavy (non-hydrogen) atoms. The maximum atomic E-state index is 11.8. The summed E-state index contributed by atoms with van der Waals surface area (Å²) in [5, 5.41) is 7.68. The van der Waals surface area contributed by atoms with Crippen molar-refractivity contribution < 1.29 is 17.9 Å². The Morgan fingerprint density at radius 2 is 2.22 bits per heavy atom. The number of hydrogen-bond acceptors (Lipinski definition) is 4. The molecule has 2 rings (SSSR count). The van der Waals surface area contributed by atoms with Crippen LogP contribution in [0.1, 0.15) is 6.42 Å². The first-order valence-corrected chi connectivity index (χ1v) is 7.03. The standard InChI is InChI=1S/C11H14N2O4S/c12-18(15,16)10-3-1-2-9(6-10)13-11(14)8-4-5-17-7-8/h1-3,6,8H,4-5,7H2,(H,13,14)(H2,12,15,16). The molecule has 0 spiro atoms. The first-order chi connectivity index (χ1) is 8.47. The highest BCUT2D eigenvalue weighted by Crippen LogP contribution is 2.18. The van der Waals surface area contributed by atoms with E-state index in [0.717, 1.165) is 0 Å². The number of rotatable bonds is 3. The van der Waals surface area contributed by atoms with E-state index < -0.39 is 10.0 Å². The molecule has 1 aliphatic rings. The molecular formula is C11H14N2O4S. The van der Waals surface area contributed by atoms with Gasteiger partial charge >= 0.3 is 0 Å². The summed E-state index contributed by atoms with van der Waals surface area (Å²) in [6.45, 7) is 0.982. The third-order valence-electron chi connectivity index (χ3n) is 2.73. The quantitative estimate of drug-likeness (QED) is 0.825. The molecular weight excluding hydrogens is 256 g/mol. The second-order valence-corrected chi connectivity index (χ2v) is 5.68. The normalized spacial score (nSPS) is 19.7. The van der Waals surface area contributed by atoms with Crippen LogP contribution in [-0.2, 0) is 19.6 Å². The molecule has 0 aromatic heterocycles. The van der Waals surface area contributed by atoms with E-state index in [4.69, 9.17) is 9.88 Å². The molecule has 1 heterocycles. The molecule has 1 atom stereocenters. The lowest BCUT2D eigenvalue weighted by atomic mass is 10.1. The second kappa shape index (κ2) is 5.05. The van der Waals surface area contributed by atoms with Gasteiger partial charge in [0.15, 0.2) is 0 Å². The Bertz CT molecular complexity index is 550. The molecule has 3 N–H and O–H groups in total. The van der Waals surface area contributed by atoms with Crippen LogP contribution in [0.15, 0.2) is 29.2 Å². The van der Waals surface area contributed by atoms with Crippen LogP contribution in [0, 0.1) is 5.92 Å². The summed E-state index contributed by atoms with van der Waals surface area (Å²) in [6.07, 6.45) is 0.681. The molecule has 6 nitrogen and oxygen atoms in total. The third-order valence-corrected chi connectivity index (χ3v) is 3.64. The van der Waals surface area contributed by atoms with Crippen molar-refractivity contribution >= 4 is 21.6 Å². The van der Waals surface area contributed by atoms with Gasteiger partial charge in [0.1, 0.15) is 0 Å². The van der Waals surface area contributed by atoms with Crippen LogP contribution in [0.3, 0.4) is 0 Å². The van der Waals surface area contributed by atoms with Crippen LogP contribution in [0.4, 0.5) is 5.69 Å². The van der Waals surface area contributed by atoms with Gasteiger partial charge in [-0.2, -0.15) is 0 Å². The topological polar surface area (TPSA) is 98.5 Å². The van der Waals surface area contributed by atoms with Crippen LogP contribution >= 0.6 is 0 Å². The van der Waals surface area contributed by atoms with Crippen molar-refractivity contribution in [1.29, 1.82) is 0 Å². The summed E-state index contributed by atoms with van der Waals surface area (Å²) in [5.74, 6) is -0.345. The van der Waals surface area contributed by atoms with Gasteiger partial charge in [-0.05, 0) is 24.6 Å². The molecule has 0 saturated carbocycles. The fourth-order valence-electron chi connectivity index (χ4n) is 1.74. The van der Waals surface area contributed by atoms with E-state index in [1.54, 1.807) is 6.07 Å². The van der Waals surface area contributed by atoms with E-state index in [0.29, 0.717) is 25.3 Å². The summed E-state index contributed by atoms with van der Waals surface area (Å²) in [4.78, 5) is 11.8. The van der Waals surface area contributed by atoms with Crippen molar-refractivity contribution in [2.45, 2.75) is 11.3 Å². The minimum atomic E-state index is -3.76. The van der Waals surface area contributed by atoms with Gasteiger partial charge in [-0.3, -0.25) is 4.79 Å². The molecule has 1 fully saturated rings. The Morgan fingerprint density at radius 3 is 2.83 bits per heavy atom. The molecule has 0 radical (unpaired) electrons. The first kappa shape index (κ1) is 13.0. The Balaban J connectivity index is 2.12. The van der Waals surface area contributed by atoms with E-state index in [1.807, 2.05) is 0 Å². The molecule has 7 heteroatoms. The number of amides is 1. The Labute approximate surface area is 105 Å². The van der Waals surface area contributed by atoms with Crippen LogP contribution in [0.2, 0.25) is 0 Å². The molecule has 1 amide bonds. The number of anilines is 1. The number of hydrogen-bond donors (Lipinski definition) is 2. The third kappa shape index (κ3) is 3.06. The lowest BCUT2D eigenvalue weighted by molar-refractivity contribution is -0.119. The van der Waals surface area contributed by atoms with Gasteiger partial charge in [0.05, 0.1) is 17.4 Å². The number of carbonyl (C=O) groups excluding carboxylic acids is 1. The molecule has 0 bridgehead atoms. The Morgan fingerprint density at radius 1 is 1.44 bits per heavy atom. The predicted molar refractivity (Wildman–Crippen MR) is 65.4 cm³/mol. The number of ether oxygens (including phenoxy) is 1. The zero-order chi connectivity index (χ0) is 13.2. The van der Waals surface area contributed by atoms with Crippen molar-refractivity contribution in [3.8, 4) is 0 Å². The zero-order valence-corrected chi connectivity index (χ0v) is 10.4. The van der Waals surface area contributed by atoms with Crippen molar-refractivity contribution in [3.05, 3.63) is 24.3 Å². The van der Waals surface area contributed by atoms with Gasteiger partial charge in [0.25, 0.3) is 0 Å². The number of carbonyl (C=O) groups is 1. The van der Waals surface area contributed by atoms with Crippen molar-refractivity contribution in [2.75, 3.05) is 18.5 Å². The molecule has 1 aromatic rings. The van der Waals surface area contributed by atoms with Crippen LogP contribution < -0.4 is 10.5 Å². The van der Waals surface area contributed by atoms with E-state index in [9.17, 15) is 13.2 Å². The smallest absolute Gasteiger partial charge is 0.238 e. The van der Waals surface area contributed by atoms with E-state index in [1.165, 1.54) is 18.2 Å². The number of nitrogens with two attached hydrogens (primary N) is 1. The van der Waals surface area contributed by atoms with E-state index in [-0.39, 0.29) is 16.7 Å². The molecule has 1 unspecified atom stereocenters. The van der Waals surface area contributed by atoms with E-state index >= 15 is 0 Å². The molecule has 0 aliphatic carbocycles. The number of sulfonamides is 1. The predicted octanol–water partition coefficient (Wildman–Crippen LogP) is 0.309. The minimum absolute atomic E-state index is 0.0250. The van der Waals surface area contributed by atoms with Gasteiger partial charge in [-0.1, -0.05) is 6.07 Å². The fourth-order valence-corrected chi connectivity index (χ4v) is 2.30. The van der Waals surface area contributed by atoms with Crippen molar-refractivity contribution in [3.63, 3.8) is 0 Å². The highest BCUT2D eigenvalue weighted by atomic mass is 32.2. The van der Waals surface area contributed by atoms with E-state index in [2.05, 4.69) is 5.32 Å². The van der Waals surface area contributed by atoms with Gasteiger partial charge in [-0.25, -0.2) is 13.6 Å². The number of nitrogens with one attached hydrogen (secondary N) is 1. The zero-order valence-electron chi connectivity index (χ0n) is 9.63. The SMILES string of the molecule is NS(=O)(=O)c1cccc(NC(=O)C2CCOC2)c1. The van der Waals surface area contributed by atoms with Crippen LogP contribution in [0.25, 0.3) is 0 Å². The highest BCUT2D eigenvalue weighted by molar-refractivity contribution is 7.89. The molecule has 1 aromatic carbocycles. The number of benzene rings is 1. The lowest BCUT2D eigenvalue weighted by Gasteiger charge is -2.10. The van der Waals surface area contributed by atoms with Gasteiger partial charge in [0.2, 0.25) is 15.9 Å². The van der Waals surface area contributed by atoms with Crippen LogP contribution in [0.5, 0.6) is 0 Å². The minimum Gasteiger partial charge on any atom is -0.381 e. The van der Waals surface area contributed by atoms with Crippen molar-refractivity contribution in [2.24, 2.45) is 11.1 Å². The number of primary sulfonamides is 1. The van der Waals surface area contributed by atoms with Crippen molar-refractivity contribution in [1.82, 2.24) is 0 Å². The first-order valence-electron chi connectivity index (χ1n) is 5.48. The highest BCUT2D eigenvalue weighted by Gasteiger charge is 2.23. The monoisotopic (exact) mass is 270 g/mol. The van der Waals surface area contributed by atoms with Gasteiger partial charge in [0, 0.05) is 12.3 Å². The fraction of sp³-hybridized carbons (Fsp3) is 0.364. The summed E-state index contributed by atoms with van der Waals surface area (Å²) >= 11 is 0. The Kier molecular flexibility index (Phi) is 3.65. The summed E-state index contributed by atoms with van der Waals surface area (Å²) < 4.78 is 27.5. The van der Waals surface area contributed by atoms with Gasteiger partial charge in [-0.15, -0.1) is 0 Å². The maximum Gasteiger partial charge on any atom is 0.238 e.